The maximum Gasteiger partial charge on any atom is 0.282 e. The molecule has 4 rings (SSSR count). The predicted octanol–water partition coefficient (Wildman–Crippen LogP) is 3.44. The normalized spacial score (nSPS) is 18.5. The summed E-state index contributed by atoms with van der Waals surface area (Å²) in [5.74, 6) is -1.07. The Kier molecular flexibility index (Phi) is 5.43. The van der Waals surface area contributed by atoms with Crippen LogP contribution in [0.25, 0.3) is 5.57 Å². The molecule has 0 aliphatic carbocycles. The average Bonchev–Trinajstić information content (AvgIpc) is 2.99. The second kappa shape index (κ2) is 8.03. The van der Waals surface area contributed by atoms with Crippen molar-refractivity contribution in [2.75, 3.05) is 32.1 Å². The van der Waals surface area contributed by atoms with Gasteiger partial charge in [-0.1, -0.05) is 30.3 Å². The van der Waals surface area contributed by atoms with Gasteiger partial charge in [0.1, 0.15) is 11.5 Å². The quantitative estimate of drug-likeness (QED) is 0.729. The zero-order valence-corrected chi connectivity index (χ0v) is 17.6. The van der Waals surface area contributed by atoms with Gasteiger partial charge < -0.3 is 9.80 Å². The molecule has 5 nitrogen and oxygen atoms in total. The Morgan fingerprint density at radius 1 is 0.967 bits per heavy atom. The lowest BCUT2D eigenvalue weighted by molar-refractivity contribution is -0.120. The van der Waals surface area contributed by atoms with E-state index in [2.05, 4.69) is 11.9 Å². The van der Waals surface area contributed by atoms with E-state index in [9.17, 15) is 14.0 Å². The maximum absolute atomic E-state index is 13.6. The van der Waals surface area contributed by atoms with E-state index < -0.39 is 0 Å². The second-order valence-electron chi connectivity index (χ2n) is 8.11. The number of anilines is 1. The zero-order valence-electron chi connectivity index (χ0n) is 17.6. The first-order chi connectivity index (χ1) is 14.4. The fourth-order valence-corrected chi connectivity index (χ4v) is 4.32. The van der Waals surface area contributed by atoms with Crippen LogP contribution in [0.4, 0.5) is 10.1 Å². The third-order valence-electron chi connectivity index (χ3n) is 6.14. The van der Waals surface area contributed by atoms with E-state index in [1.807, 2.05) is 37.1 Å². The molecular weight excluding hydrogens is 381 g/mol. The topological polar surface area (TPSA) is 43.9 Å². The Hall–Kier alpha value is -2.99. The third-order valence-corrected chi connectivity index (χ3v) is 6.14. The number of amides is 2. The number of rotatable bonds is 4. The molecule has 0 spiro atoms. The van der Waals surface area contributed by atoms with Crippen molar-refractivity contribution in [3.63, 3.8) is 0 Å². The van der Waals surface area contributed by atoms with Gasteiger partial charge in [0, 0.05) is 13.1 Å². The molecule has 2 heterocycles. The SMILES string of the molecule is Cc1ccccc1N1C(=O)C(c2ccc(F)cc2)=C(N(C)C2CCN(C)CC2)C1=O. The van der Waals surface area contributed by atoms with E-state index in [0.717, 1.165) is 31.5 Å². The molecule has 0 N–H and O–H groups in total. The third kappa shape index (κ3) is 3.52. The number of hydrogen-bond donors (Lipinski definition) is 0. The Morgan fingerprint density at radius 2 is 1.60 bits per heavy atom. The maximum atomic E-state index is 13.6. The van der Waals surface area contributed by atoms with Crippen LogP contribution in [0.1, 0.15) is 24.0 Å². The molecule has 1 fully saturated rings. The van der Waals surface area contributed by atoms with Gasteiger partial charge in [0.05, 0.1) is 11.3 Å². The lowest BCUT2D eigenvalue weighted by atomic mass is 10.00. The van der Waals surface area contributed by atoms with Crippen LogP contribution < -0.4 is 4.90 Å². The van der Waals surface area contributed by atoms with E-state index in [4.69, 9.17) is 0 Å². The number of benzene rings is 2. The van der Waals surface area contributed by atoms with Crippen LogP contribution in [0.5, 0.6) is 0 Å². The summed E-state index contributed by atoms with van der Waals surface area (Å²) in [6, 6.07) is 13.3. The van der Waals surface area contributed by atoms with Gasteiger partial charge in [-0.25, -0.2) is 9.29 Å². The van der Waals surface area contributed by atoms with E-state index in [1.165, 1.54) is 17.0 Å². The highest BCUT2D eigenvalue weighted by molar-refractivity contribution is 6.45. The van der Waals surface area contributed by atoms with Gasteiger partial charge in [-0.15, -0.1) is 0 Å². The monoisotopic (exact) mass is 407 g/mol. The molecule has 2 aliphatic rings. The first kappa shape index (κ1) is 20.3. The number of halogens is 1. The number of nitrogens with zero attached hydrogens (tertiary/aromatic N) is 3. The highest BCUT2D eigenvalue weighted by Crippen LogP contribution is 2.37. The summed E-state index contributed by atoms with van der Waals surface area (Å²) in [5.41, 5.74) is 2.72. The van der Waals surface area contributed by atoms with Crippen molar-refractivity contribution in [1.29, 1.82) is 0 Å². The van der Waals surface area contributed by atoms with E-state index in [1.54, 1.807) is 18.2 Å². The Bertz CT molecular complexity index is 1010. The van der Waals surface area contributed by atoms with Crippen LogP contribution >= 0.6 is 0 Å². The molecule has 6 heteroatoms. The zero-order chi connectivity index (χ0) is 21.4. The first-order valence-electron chi connectivity index (χ1n) is 10.2. The van der Waals surface area contributed by atoms with Crippen molar-refractivity contribution < 1.29 is 14.0 Å². The number of likely N-dealkylation sites (N-methyl/N-ethyl adjacent to an activating group) is 1. The van der Waals surface area contributed by atoms with Gasteiger partial charge >= 0.3 is 0 Å². The molecule has 0 atom stereocenters. The van der Waals surface area contributed by atoms with E-state index >= 15 is 0 Å². The van der Waals surface area contributed by atoms with Crippen LogP contribution in [-0.2, 0) is 9.59 Å². The molecule has 2 aromatic rings. The minimum Gasteiger partial charge on any atom is -0.366 e. The summed E-state index contributed by atoms with van der Waals surface area (Å²) in [6.45, 7) is 3.77. The van der Waals surface area contributed by atoms with Crippen molar-refractivity contribution in [2.24, 2.45) is 0 Å². The number of piperidine rings is 1. The van der Waals surface area contributed by atoms with E-state index in [0.29, 0.717) is 22.5 Å². The Labute approximate surface area is 176 Å². The standard InChI is InChI=1S/C24H26FN3O2/c1-16-6-4-5-7-20(16)28-23(29)21(17-8-10-18(25)11-9-17)22(24(28)30)27(3)19-12-14-26(2)15-13-19/h4-11,19H,12-15H2,1-3H3. The molecule has 2 amide bonds. The molecule has 0 saturated carbocycles. The fraction of sp³-hybridized carbons (Fsp3) is 0.333. The highest BCUT2D eigenvalue weighted by Gasteiger charge is 2.43. The van der Waals surface area contributed by atoms with Crippen LogP contribution in [-0.4, -0.2) is 54.8 Å². The van der Waals surface area contributed by atoms with Crippen molar-refractivity contribution in [2.45, 2.75) is 25.8 Å². The van der Waals surface area contributed by atoms with Crippen LogP contribution in [0.15, 0.2) is 54.2 Å². The molecule has 0 aromatic heterocycles. The van der Waals surface area contributed by atoms with Gasteiger partial charge in [-0.3, -0.25) is 9.59 Å². The van der Waals surface area contributed by atoms with Crippen molar-refractivity contribution >= 4 is 23.1 Å². The van der Waals surface area contributed by atoms with Crippen molar-refractivity contribution in [3.05, 3.63) is 71.2 Å². The number of aryl methyl sites for hydroxylation is 1. The number of carbonyl (C=O) groups excluding carboxylic acids is 2. The van der Waals surface area contributed by atoms with Crippen LogP contribution in [0.3, 0.4) is 0 Å². The van der Waals surface area contributed by atoms with Crippen molar-refractivity contribution in [3.8, 4) is 0 Å². The van der Waals surface area contributed by atoms with Gasteiger partial charge in [-0.2, -0.15) is 0 Å². The molecule has 0 bridgehead atoms. The summed E-state index contributed by atoms with van der Waals surface area (Å²) >= 11 is 0. The van der Waals surface area contributed by atoms with Crippen LogP contribution in [0, 0.1) is 12.7 Å². The summed E-state index contributed by atoms with van der Waals surface area (Å²) in [6.07, 6.45) is 1.83. The Morgan fingerprint density at radius 3 is 2.23 bits per heavy atom. The lowest BCUT2D eigenvalue weighted by Gasteiger charge is -2.36. The van der Waals surface area contributed by atoms with Gasteiger partial charge in [0.2, 0.25) is 0 Å². The summed E-state index contributed by atoms with van der Waals surface area (Å²) in [4.78, 5) is 32.6. The predicted molar refractivity (Wildman–Crippen MR) is 115 cm³/mol. The molecule has 1 saturated heterocycles. The average molecular weight is 407 g/mol. The number of carbonyl (C=O) groups is 2. The molecule has 156 valence electrons. The molecule has 0 unspecified atom stereocenters. The molecule has 30 heavy (non-hydrogen) atoms. The second-order valence-corrected chi connectivity index (χ2v) is 8.11. The highest BCUT2D eigenvalue weighted by atomic mass is 19.1. The minimum atomic E-state index is -0.378. The van der Waals surface area contributed by atoms with Crippen molar-refractivity contribution in [1.82, 2.24) is 9.80 Å². The fourth-order valence-electron chi connectivity index (χ4n) is 4.32. The number of imide groups is 1. The summed E-state index contributed by atoms with van der Waals surface area (Å²) in [5, 5.41) is 0. The van der Waals surface area contributed by atoms with Gasteiger partial charge in [-0.05, 0) is 69.2 Å². The van der Waals surface area contributed by atoms with E-state index in [-0.39, 0.29) is 23.7 Å². The number of para-hydroxylation sites is 1. The number of likely N-dealkylation sites (tertiary alicyclic amines) is 1. The lowest BCUT2D eigenvalue weighted by Crippen LogP contribution is -2.43. The minimum absolute atomic E-state index is 0.167. The first-order valence-corrected chi connectivity index (χ1v) is 10.2. The smallest absolute Gasteiger partial charge is 0.282 e. The summed E-state index contributed by atoms with van der Waals surface area (Å²) < 4.78 is 13.5. The molecule has 2 aromatic carbocycles. The van der Waals surface area contributed by atoms with Gasteiger partial charge in [0.15, 0.2) is 0 Å². The summed E-state index contributed by atoms with van der Waals surface area (Å²) in [7, 11) is 3.98. The molecular formula is C24H26FN3O2. The molecule has 0 radical (unpaired) electrons. The molecule has 2 aliphatic heterocycles. The van der Waals surface area contributed by atoms with Crippen LogP contribution in [0.2, 0.25) is 0 Å². The van der Waals surface area contributed by atoms with Gasteiger partial charge in [0.25, 0.3) is 11.8 Å². The Balaban J connectivity index is 1.80. The number of hydrogen-bond acceptors (Lipinski definition) is 4. The largest absolute Gasteiger partial charge is 0.366 e.